The Morgan fingerprint density at radius 3 is 2.81 bits per heavy atom. The Labute approximate surface area is 154 Å². The van der Waals surface area contributed by atoms with Gasteiger partial charge in [-0.25, -0.2) is 4.79 Å². The summed E-state index contributed by atoms with van der Waals surface area (Å²) in [4.78, 5) is 36.1. The van der Waals surface area contributed by atoms with Crippen LogP contribution in [0, 0.1) is 0 Å². The van der Waals surface area contributed by atoms with E-state index in [1.165, 1.54) is 11.8 Å². The number of rotatable bonds is 5. The Morgan fingerprint density at radius 1 is 1.31 bits per heavy atom. The Morgan fingerprint density at radius 2 is 2.08 bits per heavy atom. The first-order valence-corrected chi connectivity index (χ1v) is 9.40. The number of carbonyl (C=O) groups excluding carboxylic acids is 3. The van der Waals surface area contributed by atoms with E-state index in [4.69, 9.17) is 14.2 Å². The van der Waals surface area contributed by atoms with Gasteiger partial charge < -0.3 is 24.8 Å². The lowest BCUT2D eigenvalue weighted by Gasteiger charge is -2.27. The molecular weight excluding hydrogens is 360 g/mol. The van der Waals surface area contributed by atoms with Crippen molar-refractivity contribution in [3.8, 4) is 11.5 Å². The lowest BCUT2D eigenvalue weighted by atomic mass is 10.2. The first-order chi connectivity index (χ1) is 12.6. The number of amides is 2. The molecule has 0 radical (unpaired) electrons. The van der Waals surface area contributed by atoms with Gasteiger partial charge in [0, 0.05) is 23.9 Å². The molecule has 2 N–H and O–H groups in total. The topological polar surface area (TPSA) is 103 Å². The van der Waals surface area contributed by atoms with Gasteiger partial charge in [-0.15, -0.1) is 11.8 Å². The molecule has 2 heterocycles. The van der Waals surface area contributed by atoms with E-state index in [-0.39, 0.29) is 24.8 Å². The van der Waals surface area contributed by atoms with E-state index < -0.39 is 17.3 Å². The average Bonchev–Trinajstić information content (AvgIpc) is 2.63. The number of esters is 1. The first-order valence-electron chi connectivity index (χ1n) is 8.35. The third kappa shape index (κ3) is 4.40. The van der Waals surface area contributed by atoms with Gasteiger partial charge >= 0.3 is 5.97 Å². The predicted octanol–water partition coefficient (Wildman–Crippen LogP) is 0.950. The molecule has 3 rings (SSSR count). The summed E-state index contributed by atoms with van der Waals surface area (Å²) in [7, 11) is 0. The van der Waals surface area contributed by atoms with Crippen LogP contribution in [-0.4, -0.2) is 54.6 Å². The van der Waals surface area contributed by atoms with Crippen molar-refractivity contribution in [1.29, 1.82) is 0 Å². The quantitative estimate of drug-likeness (QED) is 0.733. The molecule has 140 valence electrons. The van der Waals surface area contributed by atoms with Gasteiger partial charge in [0.25, 0.3) is 0 Å². The summed E-state index contributed by atoms with van der Waals surface area (Å²) in [6.45, 7) is 2.93. The first kappa shape index (κ1) is 18.4. The molecule has 0 saturated carbocycles. The van der Waals surface area contributed by atoms with Crippen LogP contribution in [-0.2, 0) is 19.1 Å². The van der Waals surface area contributed by atoms with Crippen molar-refractivity contribution in [3.05, 3.63) is 18.2 Å². The molecule has 1 aromatic carbocycles. The minimum atomic E-state index is -0.662. The molecule has 2 aliphatic heterocycles. The van der Waals surface area contributed by atoms with Gasteiger partial charge in [0.05, 0.1) is 11.9 Å². The van der Waals surface area contributed by atoms with Crippen molar-refractivity contribution < 1.29 is 28.6 Å². The fourth-order valence-electron chi connectivity index (χ4n) is 2.62. The highest BCUT2D eigenvalue weighted by atomic mass is 32.2. The van der Waals surface area contributed by atoms with Crippen LogP contribution in [0.2, 0.25) is 0 Å². The van der Waals surface area contributed by atoms with Crippen LogP contribution < -0.4 is 20.1 Å². The van der Waals surface area contributed by atoms with Gasteiger partial charge in [0.15, 0.2) is 11.5 Å². The second-order valence-corrected chi connectivity index (χ2v) is 6.98. The molecule has 2 amide bonds. The van der Waals surface area contributed by atoms with E-state index in [0.29, 0.717) is 36.2 Å². The minimum Gasteiger partial charge on any atom is -0.486 e. The summed E-state index contributed by atoms with van der Waals surface area (Å²) in [5, 5.41) is 4.82. The molecule has 9 heteroatoms. The molecule has 2 unspecified atom stereocenters. The summed E-state index contributed by atoms with van der Waals surface area (Å²) in [6.07, 6.45) is 0.0144. The van der Waals surface area contributed by atoms with Gasteiger partial charge in [-0.1, -0.05) is 0 Å². The number of nitrogens with one attached hydrogen (secondary N) is 2. The second kappa shape index (κ2) is 8.31. The monoisotopic (exact) mass is 380 g/mol. The SMILES string of the molecule is CCOC(=O)C1CSC(CC(=O)Nc2ccc3c(c2)OCCO3)C(=O)N1. The van der Waals surface area contributed by atoms with Crippen LogP contribution in [0.3, 0.4) is 0 Å². The van der Waals surface area contributed by atoms with Crippen LogP contribution in [0.5, 0.6) is 11.5 Å². The second-order valence-electron chi connectivity index (χ2n) is 5.75. The van der Waals surface area contributed by atoms with Crippen LogP contribution in [0.1, 0.15) is 13.3 Å². The molecule has 2 atom stereocenters. The van der Waals surface area contributed by atoms with Crippen LogP contribution in [0.4, 0.5) is 5.69 Å². The number of hydrogen-bond donors (Lipinski definition) is 2. The number of ether oxygens (including phenoxy) is 3. The van der Waals surface area contributed by atoms with Crippen LogP contribution in [0.15, 0.2) is 18.2 Å². The summed E-state index contributed by atoms with van der Waals surface area (Å²) >= 11 is 1.28. The van der Waals surface area contributed by atoms with E-state index in [9.17, 15) is 14.4 Å². The van der Waals surface area contributed by atoms with Crippen molar-refractivity contribution in [1.82, 2.24) is 5.32 Å². The highest BCUT2D eigenvalue weighted by Gasteiger charge is 2.34. The maximum Gasteiger partial charge on any atom is 0.329 e. The Kier molecular flexibility index (Phi) is 5.87. The number of carbonyl (C=O) groups is 3. The standard InChI is InChI=1S/C17H20N2O6S/c1-2-23-17(22)11-9-26-14(16(21)19-11)8-15(20)18-10-3-4-12-13(7-10)25-6-5-24-12/h3-4,7,11,14H,2,5-6,8-9H2,1H3,(H,18,20)(H,19,21). The number of benzene rings is 1. The van der Waals surface area contributed by atoms with Gasteiger partial charge in [0.2, 0.25) is 11.8 Å². The zero-order valence-corrected chi connectivity index (χ0v) is 15.1. The van der Waals surface area contributed by atoms with E-state index in [1.807, 2.05) is 0 Å². The van der Waals surface area contributed by atoms with E-state index in [2.05, 4.69) is 10.6 Å². The van der Waals surface area contributed by atoms with Gasteiger partial charge in [-0.2, -0.15) is 0 Å². The molecule has 1 fully saturated rings. The Balaban J connectivity index is 1.52. The summed E-state index contributed by atoms with van der Waals surface area (Å²) in [6, 6.07) is 4.48. The molecule has 0 aliphatic carbocycles. The highest BCUT2D eigenvalue weighted by Crippen LogP contribution is 2.32. The maximum absolute atomic E-state index is 12.2. The lowest BCUT2D eigenvalue weighted by molar-refractivity contribution is -0.146. The molecule has 26 heavy (non-hydrogen) atoms. The Bertz CT molecular complexity index is 710. The largest absolute Gasteiger partial charge is 0.486 e. The molecule has 8 nitrogen and oxygen atoms in total. The van der Waals surface area contributed by atoms with Gasteiger partial charge in [-0.3, -0.25) is 9.59 Å². The number of thioether (sulfide) groups is 1. The van der Waals surface area contributed by atoms with Crippen LogP contribution >= 0.6 is 11.8 Å². The zero-order chi connectivity index (χ0) is 18.5. The summed E-state index contributed by atoms with van der Waals surface area (Å²) in [5.41, 5.74) is 0.574. The van der Waals surface area contributed by atoms with Crippen molar-refractivity contribution in [2.75, 3.05) is 30.9 Å². The van der Waals surface area contributed by atoms with Crippen molar-refractivity contribution in [3.63, 3.8) is 0 Å². The van der Waals surface area contributed by atoms with Crippen molar-refractivity contribution in [2.45, 2.75) is 24.6 Å². The summed E-state index contributed by atoms with van der Waals surface area (Å²) in [5.74, 6) is 0.526. The molecule has 0 aromatic heterocycles. The van der Waals surface area contributed by atoms with Crippen molar-refractivity contribution >= 4 is 35.2 Å². The average molecular weight is 380 g/mol. The number of fused-ring (bicyclic) bond motifs is 1. The summed E-state index contributed by atoms with van der Waals surface area (Å²) < 4.78 is 15.8. The minimum absolute atomic E-state index is 0.0144. The Hall–Kier alpha value is -2.42. The van der Waals surface area contributed by atoms with E-state index in [0.717, 1.165) is 0 Å². The fraction of sp³-hybridized carbons (Fsp3) is 0.471. The molecule has 0 bridgehead atoms. The zero-order valence-electron chi connectivity index (χ0n) is 14.3. The van der Waals surface area contributed by atoms with Gasteiger partial charge in [-0.05, 0) is 19.1 Å². The fourth-order valence-corrected chi connectivity index (χ4v) is 3.75. The highest BCUT2D eigenvalue weighted by molar-refractivity contribution is 8.00. The molecule has 1 saturated heterocycles. The predicted molar refractivity (Wildman–Crippen MR) is 95.5 cm³/mol. The maximum atomic E-state index is 12.2. The molecular formula is C17H20N2O6S. The number of hydrogen-bond acceptors (Lipinski definition) is 7. The third-order valence-corrected chi connectivity index (χ3v) is 5.15. The van der Waals surface area contributed by atoms with E-state index >= 15 is 0 Å². The molecule has 2 aliphatic rings. The van der Waals surface area contributed by atoms with Gasteiger partial charge in [0.1, 0.15) is 19.3 Å². The third-order valence-electron chi connectivity index (χ3n) is 3.84. The van der Waals surface area contributed by atoms with Crippen LogP contribution in [0.25, 0.3) is 0 Å². The molecule has 0 spiro atoms. The molecule has 1 aromatic rings. The van der Waals surface area contributed by atoms with Crippen molar-refractivity contribution in [2.24, 2.45) is 0 Å². The normalized spacial score (nSPS) is 21.5. The lowest BCUT2D eigenvalue weighted by Crippen LogP contribution is -2.51. The van der Waals surface area contributed by atoms with E-state index in [1.54, 1.807) is 25.1 Å². The smallest absolute Gasteiger partial charge is 0.329 e. The number of anilines is 1.